The molecule has 25 heavy (non-hydrogen) atoms. The van der Waals surface area contributed by atoms with E-state index in [1.165, 1.54) is 12.1 Å². The third-order valence-corrected chi connectivity index (χ3v) is 9.14. The van der Waals surface area contributed by atoms with Gasteiger partial charge in [0, 0.05) is 12.1 Å². The maximum Gasteiger partial charge on any atom is 0.346 e. The predicted octanol–water partition coefficient (Wildman–Crippen LogP) is 1.51. The van der Waals surface area contributed by atoms with E-state index in [-0.39, 0.29) is 5.69 Å². The first-order chi connectivity index (χ1) is 11.5. The van der Waals surface area contributed by atoms with Gasteiger partial charge in [-0.25, -0.2) is 21.2 Å². The molecule has 2 aromatic carbocycles. The van der Waals surface area contributed by atoms with Crippen molar-refractivity contribution < 1.29 is 31.3 Å². The standard InChI is InChI=1S/C14H10FNO7S2/c15-14(13(17)9-5-7-10(8-6-9)16(18)19)24(20,21)11-3-1-2-4-12(11)25(14,22)23/h1-8,13,17H. The summed E-state index contributed by atoms with van der Waals surface area (Å²) in [6.07, 6.45) is -2.59. The Morgan fingerprint density at radius 1 is 0.960 bits per heavy atom. The Kier molecular flexibility index (Phi) is 3.71. The third kappa shape index (κ3) is 2.12. The van der Waals surface area contributed by atoms with Crippen LogP contribution < -0.4 is 0 Å². The van der Waals surface area contributed by atoms with E-state index < -0.39 is 50.4 Å². The van der Waals surface area contributed by atoms with Crippen LogP contribution in [0, 0.1) is 10.1 Å². The molecule has 0 radical (unpaired) electrons. The summed E-state index contributed by atoms with van der Waals surface area (Å²) in [6.45, 7) is 0. The highest BCUT2D eigenvalue weighted by molar-refractivity contribution is 8.12. The number of nitrogens with zero attached hydrogens (tertiary/aromatic N) is 1. The number of hydrogen-bond acceptors (Lipinski definition) is 7. The molecule has 1 aliphatic heterocycles. The van der Waals surface area contributed by atoms with Crippen LogP contribution in [0.25, 0.3) is 0 Å². The zero-order valence-electron chi connectivity index (χ0n) is 12.2. The highest BCUT2D eigenvalue weighted by Gasteiger charge is 2.68. The fourth-order valence-corrected chi connectivity index (χ4v) is 7.60. The molecule has 0 fully saturated rings. The van der Waals surface area contributed by atoms with Crippen LogP contribution in [0.4, 0.5) is 10.1 Å². The van der Waals surface area contributed by atoms with Gasteiger partial charge in [0.15, 0.2) is 0 Å². The van der Waals surface area contributed by atoms with E-state index in [0.717, 1.165) is 36.4 Å². The van der Waals surface area contributed by atoms with E-state index >= 15 is 4.39 Å². The van der Waals surface area contributed by atoms with Gasteiger partial charge in [0.2, 0.25) is 19.7 Å². The number of aliphatic hydroxyl groups is 1. The zero-order valence-corrected chi connectivity index (χ0v) is 13.9. The Labute approximate surface area is 141 Å². The smallest absolute Gasteiger partial charge is 0.346 e. The lowest BCUT2D eigenvalue weighted by Gasteiger charge is -2.24. The quantitative estimate of drug-likeness (QED) is 0.624. The van der Waals surface area contributed by atoms with Gasteiger partial charge < -0.3 is 5.11 Å². The highest BCUT2D eigenvalue weighted by Crippen LogP contribution is 2.52. The van der Waals surface area contributed by atoms with Crippen molar-refractivity contribution >= 4 is 25.4 Å². The summed E-state index contributed by atoms with van der Waals surface area (Å²) in [4.78, 5) is 8.41. The molecule has 132 valence electrons. The summed E-state index contributed by atoms with van der Waals surface area (Å²) in [5.74, 6) is 0. The number of rotatable bonds is 3. The number of hydrogen-bond donors (Lipinski definition) is 1. The Bertz CT molecular complexity index is 1030. The van der Waals surface area contributed by atoms with E-state index in [9.17, 15) is 32.1 Å². The number of sulfone groups is 2. The van der Waals surface area contributed by atoms with Crippen molar-refractivity contribution in [2.75, 3.05) is 0 Å². The van der Waals surface area contributed by atoms with Gasteiger partial charge >= 0.3 is 4.33 Å². The molecule has 0 saturated carbocycles. The second-order valence-electron chi connectivity index (χ2n) is 5.29. The number of non-ortho nitro benzene ring substituents is 1. The van der Waals surface area contributed by atoms with Gasteiger partial charge in [0.25, 0.3) is 5.69 Å². The number of aliphatic hydroxyl groups excluding tert-OH is 1. The molecule has 1 aliphatic rings. The van der Waals surface area contributed by atoms with E-state index in [1.807, 2.05) is 0 Å². The molecule has 0 spiro atoms. The van der Waals surface area contributed by atoms with E-state index in [2.05, 4.69) is 0 Å². The van der Waals surface area contributed by atoms with Gasteiger partial charge in [0.1, 0.15) is 6.10 Å². The molecule has 11 heteroatoms. The lowest BCUT2D eigenvalue weighted by Crippen LogP contribution is -2.42. The molecule has 1 N–H and O–H groups in total. The summed E-state index contributed by atoms with van der Waals surface area (Å²) in [5, 5.41) is 20.9. The largest absolute Gasteiger partial charge is 0.383 e. The van der Waals surface area contributed by atoms with Crippen molar-refractivity contribution in [1.29, 1.82) is 0 Å². The van der Waals surface area contributed by atoms with Crippen molar-refractivity contribution in [3.63, 3.8) is 0 Å². The topological polar surface area (TPSA) is 132 Å². The molecule has 0 bridgehead atoms. The third-order valence-electron chi connectivity index (χ3n) is 3.91. The molecular weight excluding hydrogens is 377 g/mol. The van der Waals surface area contributed by atoms with Gasteiger partial charge in [-0.05, 0) is 29.8 Å². The van der Waals surface area contributed by atoms with Crippen LogP contribution >= 0.6 is 0 Å². The predicted molar refractivity (Wildman–Crippen MR) is 82.7 cm³/mol. The van der Waals surface area contributed by atoms with Crippen LogP contribution in [0.15, 0.2) is 58.3 Å². The summed E-state index contributed by atoms with van der Waals surface area (Å²) < 4.78 is 61.4. The molecule has 1 unspecified atom stereocenters. The monoisotopic (exact) mass is 387 g/mol. The van der Waals surface area contributed by atoms with Gasteiger partial charge in [-0.2, -0.15) is 0 Å². The van der Waals surface area contributed by atoms with Crippen LogP contribution in [0.2, 0.25) is 0 Å². The fraction of sp³-hybridized carbons (Fsp3) is 0.143. The molecule has 0 aromatic heterocycles. The number of fused-ring (bicyclic) bond motifs is 1. The van der Waals surface area contributed by atoms with E-state index in [0.29, 0.717) is 0 Å². The van der Waals surface area contributed by atoms with E-state index in [1.54, 1.807) is 0 Å². The Balaban J connectivity index is 2.20. The Morgan fingerprint density at radius 2 is 1.40 bits per heavy atom. The molecule has 0 amide bonds. The van der Waals surface area contributed by atoms with Crippen LogP contribution in [0.3, 0.4) is 0 Å². The van der Waals surface area contributed by atoms with Gasteiger partial charge in [0.05, 0.1) is 14.7 Å². The number of alkyl halides is 1. The summed E-state index contributed by atoms with van der Waals surface area (Å²) in [5.41, 5.74) is -0.808. The van der Waals surface area contributed by atoms with Crippen LogP contribution in [-0.2, 0) is 19.7 Å². The van der Waals surface area contributed by atoms with Crippen molar-refractivity contribution in [3.8, 4) is 0 Å². The molecule has 8 nitrogen and oxygen atoms in total. The SMILES string of the molecule is O=[N+]([O-])c1ccc(C(O)C2(F)S(=O)(=O)c3ccccc3S2(=O)=O)cc1. The lowest BCUT2D eigenvalue weighted by atomic mass is 10.1. The molecular formula is C14H10FNO7S2. The van der Waals surface area contributed by atoms with Crippen LogP contribution in [0.5, 0.6) is 0 Å². The molecule has 0 saturated heterocycles. The first-order valence-corrected chi connectivity index (χ1v) is 9.71. The second kappa shape index (κ2) is 5.31. The second-order valence-corrected chi connectivity index (χ2v) is 9.63. The molecule has 1 atom stereocenters. The maximum atomic E-state index is 15.4. The molecule has 0 aliphatic carbocycles. The maximum absolute atomic E-state index is 15.4. The molecule has 2 aromatic rings. The number of nitro groups is 1. The summed E-state index contributed by atoms with van der Waals surface area (Å²) >= 11 is 0. The average Bonchev–Trinajstić information content (AvgIpc) is 2.71. The lowest BCUT2D eigenvalue weighted by molar-refractivity contribution is -0.384. The van der Waals surface area contributed by atoms with Crippen molar-refractivity contribution in [2.24, 2.45) is 0 Å². The summed E-state index contributed by atoms with van der Waals surface area (Å²) in [7, 11) is -10.1. The van der Waals surface area contributed by atoms with Crippen molar-refractivity contribution in [3.05, 3.63) is 64.2 Å². The molecule has 3 rings (SSSR count). The van der Waals surface area contributed by atoms with Crippen LogP contribution in [0.1, 0.15) is 11.7 Å². The van der Waals surface area contributed by atoms with Gasteiger partial charge in [-0.1, -0.05) is 12.1 Å². The zero-order chi connectivity index (χ0) is 18.6. The van der Waals surface area contributed by atoms with Gasteiger partial charge in [-0.3, -0.25) is 10.1 Å². The van der Waals surface area contributed by atoms with Gasteiger partial charge in [-0.15, -0.1) is 0 Å². The first kappa shape index (κ1) is 17.5. The van der Waals surface area contributed by atoms with Crippen LogP contribution in [-0.4, -0.2) is 31.2 Å². The average molecular weight is 387 g/mol. The highest BCUT2D eigenvalue weighted by atomic mass is 32.3. The summed E-state index contributed by atoms with van der Waals surface area (Å²) in [6, 6.07) is 7.95. The van der Waals surface area contributed by atoms with Crippen molar-refractivity contribution in [2.45, 2.75) is 20.2 Å². The Hall–Kier alpha value is -2.37. The minimum absolute atomic E-state index is 0.385. The number of benzene rings is 2. The van der Waals surface area contributed by atoms with Crippen molar-refractivity contribution in [1.82, 2.24) is 0 Å². The normalized spacial score (nSPS) is 20.6. The van der Waals surface area contributed by atoms with E-state index in [4.69, 9.17) is 0 Å². The number of halogens is 1. The minimum Gasteiger partial charge on any atom is -0.383 e. The number of nitro benzene ring substituents is 1. The minimum atomic E-state index is -5.07. The Morgan fingerprint density at radius 3 is 1.80 bits per heavy atom. The first-order valence-electron chi connectivity index (χ1n) is 6.75. The fourth-order valence-electron chi connectivity index (χ4n) is 2.61. The molecule has 1 heterocycles.